The van der Waals surface area contributed by atoms with Crippen LogP contribution in [0.4, 0.5) is 10.1 Å². The zero-order valence-electron chi connectivity index (χ0n) is 15.8. The highest BCUT2D eigenvalue weighted by Gasteiger charge is 2.19. The number of ether oxygens (including phenoxy) is 3. The lowest BCUT2D eigenvalue weighted by atomic mass is 10.1. The third-order valence-corrected chi connectivity index (χ3v) is 4.21. The molecule has 0 saturated carbocycles. The number of amides is 1. The van der Waals surface area contributed by atoms with Crippen LogP contribution < -0.4 is 14.8 Å². The Morgan fingerprint density at radius 3 is 2.32 bits per heavy atom. The number of hydrogen-bond acceptors (Lipinski definition) is 5. The summed E-state index contributed by atoms with van der Waals surface area (Å²) < 4.78 is 28.6. The van der Waals surface area contributed by atoms with Gasteiger partial charge >= 0.3 is 5.97 Å². The van der Waals surface area contributed by atoms with E-state index in [9.17, 15) is 14.0 Å². The van der Waals surface area contributed by atoms with Crippen LogP contribution in [-0.4, -0.2) is 32.2 Å². The summed E-state index contributed by atoms with van der Waals surface area (Å²) in [6.07, 6.45) is -0.566. The zero-order valence-corrected chi connectivity index (χ0v) is 16.5. The SMILES string of the molecule is COc1cc(CCC(=O)O[C@H](C)C(=O)Nc2ccc(F)cc2Cl)cc(OC)c1. The number of rotatable bonds is 8. The topological polar surface area (TPSA) is 73.9 Å². The Morgan fingerprint density at radius 1 is 1.11 bits per heavy atom. The minimum Gasteiger partial charge on any atom is -0.497 e. The van der Waals surface area contributed by atoms with Crippen molar-refractivity contribution in [2.45, 2.75) is 25.9 Å². The number of esters is 1. The van der Waals surface area contributed by atoms with Gasteiger partial charge in [-0.25, -0.2) is 4.39 Å². The second kappa shape index (κ2) is 9.94. The van der Waals surface area contributed by atoms with Crippen LogP contribution in [0.1, 0.15) is 18.9 Å². The molecule has 0 aromatic heterocycles. The van der Waals surface area contributed by atoms with Crippen molar-refractivity contribution in [1.82, 2.24) is 0 Å². The molecule has 1 amide bonds. The fourth-order valence-electron chi connectivity index (χ4n) is 2.39. The molecule has 0 spiro atoms. The number of carbonyl (C=O) groups is 2. The van der Waals surface area contributed by atoms with Crippen molar-refractivity contribution in [3.8, 4) is 11.5 Å². The van der Waals surface area contributed by atoms with Gasteiger partial charge in [0, 0.05) is 12.5 Å². The van der Waals surface area contributed by atoms with Crippen LogP contribution in [-0.2, 0) is 20.7 Å². The first-order chi connectivity index (χ1) is 13.3. The molecule has 2 rings (SSSR count). The molecule has 2 aromatic rings. The Morgan fingerprint density at radius 2 is 1.75 bits per heavy atom. The lowest BCUT2D eigenvalue weighted by Gasteiger charge is -2.14. The van der Waals surface area contributed by atoms with Crippen molar-refractivity contribution in [3.63, 3.8) is 0 Å². The maximum absolute atomic E-state index is 13.1. The van der Waals surface area contributed by atoms with Gasteiger partial charge in [-0.2, -0.15) is 0 Å². The minimum absolute atomic E-state index is 0.0545. The summed E-state index contributed by atoms with van der Waals surface area (Å²) in [5, 5.41) is 2.55. The van der Waals surface area contributed by atoms with Crippen molar-refractivity contribution < 1.29 is 28.2 Å². The molecule has 0 bridgehead atoms. The Kier molecular flexibility index (Phi) is 7.63. The quantitative estimate of drug-likeness (QED) is 0.667. The Bertz CT molecular complexity index is 836. The van der Waals surface area contributed by atoms with Crippen LogP contribution in [0.5, 0.6) is 11.5 Å². The molecule has 0 unspecified atom stereocenters. The first-order valence-electron chi connectivity index (χ1n) is 8.49. The van der Waals surface area contributed by atoms with Crippen molar-refractivity contribution in [3.05, 3.63) is 52.8 Å². The van der Waals surface area contributed by atoms with Crippen LogP contribution in [0, 0.1) is 5.82 Å². The summed E-state index contributed by atoms with van der Waals surface area (Å²) >= 11 is 5.87. The van der Waals surface area contributed by atoms with Gasteiger partial charge in [-0.05, 0) is 49.2 Å². The van der Waals surface area contributed by atoms with E-state index in [-0.39, 0.29) is 17.1 Å². The molecule has 1 atom stereocenters. The average molecular weight is 410 g/mol. The molecule has 0 aliphatic carbocycles. The van der Waals surface area contributed by atoms with Gasteiger partial charge < -0.3 is 19.5 Å². The van der Waals surface area contributed by atoms with E-state index < -0.39 is 23.8 Å². The number of benzene rings is 2. The Hall–Kier alpha value is -2.80. The summed E-state index contributed by atoms with van der Waals surface area (Å²) in [6, 6.07) is 8.90. The van der Waals surface area contributed by atoms with E-state index in [0.717, 1.165) is 11.6 Å². The van der Waals surface area contributed by atoms with Crippen molar-refractivity contribution in [2.24, 2.45) is 0 Å². The fraction of sp³-hybridized carbons (Fsp3) is 0.300. The second-order valence-electron chi connectivity index (χ2n) is 5.97. The third kappa shape index (κ3) is 6.13. The van der Waals surface area contributed by atoms with Gasteiger partial charge in [0.2, 0.25) is 0 Å². The van der Waals surface area contributed by atoms with E-state index in [0.29, 0.717) is 17.9 Å². The predicted octanol–water partition coefficient (Wildman–Crippen LogP) is 4.00. The van der Waals surface area contributed by atoms with Gasteiger partial charge in [0.15, 0.2) is 6.10 Å². The average Bonchev–Trinajstić information content (AvgIpc) is 2.68. The molecule has 1 N–H and O–H groups in total. The molecule has 0 aliphatic rings. The molecule has 0 aliphatic heterocycles. The molecule has 6 nitrogen and oxygen atoms in total. The van der Waals surface area contributed by atoms with Gasteiger partial charge in [0.25, 0.3) is 5.91 Å². The number of aryl methyl sites for hydroxylation is 1. The maximum Gasteiger partial charge on any atom is 0.306 e. The smallest absolute Gasteiger partial charge is 0.306 e. The fourth-order valence-corrected chi connectivity index (χ4v) is 2.61. The van der Waals surface area contributed by atoms with E-state index in [1.165, 1.54) is 19.1 Å². The summed E-state index contributed by atoms with van der Waals surface area (Å²) in [6.45, 7) is 1.44. The van der Waals surface area contributed by atoms with E-state index >= 15 is 0 Å². The number of methoxy groups -OCH3 is 2. The predicted molar refractivity (Wildman–Crippen MR) is 103 cm³/mol. The zero-order chi connectivity index (χ0) is 20.7. The van der Waals surface area contributed by atoms with Crippen molar-refractivity contribution >= 4 is 29.2 Å². The van der Waals surface area contributed by atoms with Gasteiger partial charge in [0.1, 0.15) is 17.3 Å². The molecule has 0 fully saturated rings. The van der Waals surface area contributed by atoms with E-state index in [2.05, 4.69) is 5.32 Å². The van der Waals surface area contributed by atoms with Crippen LogP contribution in [0.15, 0.2) is 36.4 Å². The molecule has 0 saturated heterocycles. The maximum atomic E-state index is 13.1. The first kappa shape index (κ1) is 21.5. The minimum atomic E-state index is -1.03. The summed E-state index contributed by atoms with van der Waals surface area (Å²) in [7, 11) is 3.08. The lowest BCUT2D eigenvalue weighted by Crippen LogP contribution is -2.30. The summed E-state index contributed by atoms with van der Waals surface area (Å²) in [5.74, 6) is -0.380. The standard InChI is InChI=1S/C20H21ClFNO5/c1-12(20(25)23-18-6-5-14(22)10-17(18)21)28-19(24)7-4-13-8-15(26-2)11-16(9-13)27-3/h5-6,8-12H,4,7H2,1-3H3,(H,23,25)/t12-/m1/s1. The van der Waals surface area contributed by atoms with Crippen molar-refractivity contribution in [2.75, 3.05) is 19.5 Å². The highest BCUT2D eigenvalue weighted by molar-refractivity contribution is 6.33. The molecule has 150 valence electrons. The van der Waals surface area contributed by atoms with Crippen LogP contribution in [0.25, 0.3) is 0 Å². The normalized spacial score (nSPS) is 11.5. The molecule has 2 aromatic carbocycles. The molecule has 28 heavy (non-hydrogen) atoms. The number of halogens is 2. The monoisotopic (exact) mass is 409 g/mol. The molecule has 8 heteroatoms. The van der Waals surface area contributed by atoms with Crippen LogP contribution in [0.3, 0.4) is 0 Å². The second-order valence-corrected chi connectivity index (χ2v) is 6.37. The van der Waals surface area contributed by atoms with Crippen molar-refractivity contribution in [1.29, 1.82) is 0 Å². The number of anilines is 1. The Labute approximate surface area is 167 Å². The van der Waals surface area contributed by atoms with Gasteiger partial charge in [0.05, 0.1) is 24.9 Å². The number of carbonyl (C=O) groups excluding carboxylic acids is 2. The number of nitrogens with one attached hydrogen (secondary N) is 1. The molecular weight excluding hydrogens is 389 g/mol. The van der Waals surface area contributed by atoms with Gasteiger partial charge in [-0.3, -0.25) is 9.59 Å². The largest absolute Gasteiger partial charge is 0.497 e. The van der Waals surface area contributed by atoms with E-state index in [1.807, 2.05) is 0 Å². The van der Waals surface area contributed by atoms with Gasteiger partial charge in [-0.15, -0.1) is 0 Å². The highest BCUT2D eigenvalue weighted by atomic mass is 35.5. The van der Waals surface area contributed by atoms with Crippen LogP contribution >= 0.6 is 11.6 Å². The molecule has 0 radical (unpaired) electrons. The third-order valence-electron chi connectivity index (χ3n) is 3.90. The highest BCUT2D eigenvalue weighted by Crippen LogP contribution is 2.24. The van der Waals surface area contributed by atoms with E-state index in [4.69, 9.17) is 25.8 Å². The van der Waals surface area contributed by atoms with E-state index in [1.54, 1.807) is 32.4 Å². The first-order valence-corrected chi connectivity index (χ1v) is 8.87. The summed E-state index contributed by atoms with van der Waals surface area (Å²) in [5.41, 5.74) is 1.07. The molecule has 0 heterocycles. The lowest BCUT2D eigenvalue weighted by molar-refractivity contribution is -0.153. The number of hydrogen-bond donors (Lipinski definition) is 1. The summed E-state index contributed by atoms with van der Waals surface area (Å²) in [4.78, 5) is 24.2. The van der Waals surface area contributed by atoms with Gasteiger partial charge in [-0.1, -0.05) is 11.6 Å². The molecular formula is C20H21ClFNO5. The van der Waals surface area contributed by atoms with Crippen LogP contribution in [0.2, 0.25) is 5.02 Å². The Balaban J connectivity index is 1.89.